The van der Waals surface area contributed by atoms with Crippen LogP contribution in [0, 0.1) is 18.8 Å². The van der Waals surface area contributed by atoms with Gasteiger partial charge in [-0.15, -0.1) is 0 Å². The van der Waals surface area contributed by atoms with E-state index >= 15 is 0 Å². The Morgan fingerprint density at radius 1 is 0.838 bits per heavy atom. The van der Waals surface area contributed by atoms with E-state index < -0.39 is 6.09 Å². The first-order valence-corrected chi connectivity index (χ1v) is 12.0. The molecule has 1 aliphatic heterocycles. The lowest BCUT2D eigenvalue weighted by Gasteiger charge is -2.17. The summed E-state index contributed by atoms with van der Waals surface area (Å²) >= 11 is 0. The molecule has 0 radical (unpaired) electrons. The molecule has 37 heavy (non-hydrogen) atoms. The third-order valence-corrected chi connectivity index (χ3v) is 6.44. The van der Waals surface area contributed by atoms with Crippen molar-refractivity contribution in [1.29, 1.82) is 0 Å². The zero-order valence-electron chi connectivity index (χ0n) is 21.4. The number of aryl methyl sites for hydroxylation is 1. The second-order valence-electron chi connectivity index (χ2n) is 8.96. The van der Waals surface area contributed by atoms with Crippen LogP contribution < -0.4 is 24.3 Å². The van der Waals surface area contributed by atoms with E-state index in [0.717, 1.165) is 16.7 Å². The highest BCUT2D eigenvalue weighted by molar-refractivity contribution is 5.86. The van der Waals surface area contributed by atoms with Gasteiger partial charge in [0.05, 0.1) is 33.9 Å². The van der Waals surface area contributed by atoms with Gasteiger partial charge in [0.15, 0.2) is 23.0 Å². The number of methoxy groups -OCH3 is 3. The molecule has 1 fully saturated rings. The van der Waals surface area contributed by atoms with Gasteiger partial charge >= 0.3 is 12.1 Å². The zero-order chi connectivity index (χ0) is 26.4. The normalized spacial score (nSPS) is 16.6. The number of carbonyl (C=O) groups is 2. The predicted octanol–water partition coefficient (Wildman–Crippen LogP) is 5.21. The summed E-state index contributed by atoms with van der Waals surface area (Å²) in [5, 5.41) is 2.70. The smallest absolute Gasteiger partial charge is 0.417 e. The number of hydrogen-bond donors (Lipinski definition) is 1. The molecule has 0 spiro atoms. The predicted molar refractivity (Wildman–Crippen MR) is 139 cm³/mol. The quantitative estimate of drug-likeness (QED) is 0.399. The number of hydrogen-bond acceptors (Lipinski definition) is 7. The Bertz CT molecular complexity index is 1260. The minimum Gasteiger partial charge on any atom is -0.493 e. The van der Waals surface area contributed by atoms with E-state index in [-0.39, 0.29) is 23.6 Å². The number of nitrogens with one attached hydrogen (secondary N) is 1. The summed E-state index contributed by atoms with van der Waals surface area (Å²) in [5.41, 5.74) is 3.64. The standard InChI is InChI=1S/C29H31NO7/c1-18-5-9-22(10-6-18)30-29(32)37-25-12-8-20(16-27(25)35-4)14-23-21(17-36-28(23)31)13-19-7-11-24(33-2)26(15-19)34-3/h5-12,15-16,21,23H,13-14,17H2,1-4H3,(H,30,32)/t21-,23+/m0/s1. The van der Waals surface area contributed by atoms with Gasteiger partial charge in [0.2, 0.25) is 0 Å². The molecule has 194 valence electrons. The van der Waals surface area contributed by atoms with Crippen LogP contribution in [0.1, 0.15) is 16.7 Å². The largest absolute Gasteiger partial charge is 0.493 e. The van der Waals surface area contributed by atoms with E-state index in [2.05, 4.69) is 5.32 Å². The van der Waals surface area contributed by atoms with Gasteiger partial charge < -0.3 is 23.7 Å². The monoisotopic (exact) mass is 505 g/mol. The van der Waals surface area contributed by atoms with Gasteiger partial charge in [-0.2, -0.15) is 0 Å². The van der Waals surface area contributed by atoms with E-state index in [0.29, 0.717) is 42.4 Å². The maximum atomic E-state index is 12.6. The van der Waals surface area contributed by atoms with E-state index in [4.69, 9.17) is 23.7 Å². The molecule has 4 rings (SSSR count). The number of carbonyl (C=O) groups excluding carboxylic acids is 2. The van der Waals surface area contributed by atoms with Crippen LogP contribution in [-0.2, 0) is 22.4 Å². The van der Waals surface area contributed by atoms with E-state index in [1.165, 1.54) is 7.11 Å². The Balaban J connectivity index is 1.43. The van der Waals surface area contributed by atoms with Gasteiger partial charge in [-0.3, -0.25) is 10.1 Å². The molecule has 1 amide bonds. The fourth-order valence-electron chi connectivity index (χ4n) is 4.42. The summed E-state index contributed by atoms with van der Waals surface area (Å²) in [5.74, 6) is 1.47. The average molecular weight is 506 g/mol. The lowest BCUT2D eigenvalue weighted by molar-refractivity contribution is -0.141. The molecule has 8 heteroatoms. The van der Waals surface area contributed by atoms with Crippen molar-refractivity contribution in [2.75, 3.05) is 33.3 Å². The summed E-state index contributed by atoms with van der Waals surface area (Å²) in [7, 11) is 4.70. The molecule has 1 N–H and O–H groups in total. The number of amides is 1. The number of ether oxygens (including phenoxy) is 5. The van der Waals surface area contributed by atoms with E-state index in [1.54, 1.807) is 38.5 Å². The number of benzene rings is 3. The molecule has 3 aromatic rings. The topological polar surface area (TPSA) is 92.3 Å². The molecule has 0 bridgehead atoms. The second kappa shape index (κ2) is 11.7. The first kappa shape index (κ1) is 25.9. The van der Waals surface area contributed by atoms with Crippen molar-refractivity contribution >= 4 is 17.7 Å². The van der Waals surface area contributed by atoms with Crippen molar-refractivity contribution in [2.45, 2.75) is 19.8 Å². The average Bonchev–Trinajstić information content (AvgIpc) is 3.24. The van der Waals surface area contributed by atoms with E-state index in [9.17, 15) is 9.59 Å². The molecular formula is C29H31NO7. The number of rotatable bonds is 9. The molecule has 1 aliphatic rings. The molecule has 3 aromatic carbocycles. The molecular weight excluding hydrogens is 474 g/mol. The van der Waals surface area contributed by atoms with Crippen molar-refractivity contribution in [2.24, 2.45) is 11.8 Å². The molecule has 0 aliphatic carbocycles. The molecule has 2 atom stereocenters. The molecule has 0 saturated carbocycles. The van der Waals surface area contributed by atoms with Crippen molar-refractivity contribution in [1.82, 2.24) is 0 Å². The minimum atomic E-state index is -0.621. The van der Waals surface area contributed by atoms with E-state index in [1.807, 2.05) is 43.3 Å². The minimum absolute atomic E-state index is 0.00723. The summed E-state index contributed by atoms with van der Waals surface area (Å²) in [4.78, 5) is 25.0. The number of cyclic esters (lactones) is 1. The fourth-order valence-corrected chi connectivity index (χ4v) is 4.42. The lowest BCUT2D eigenvalue weighted by atomic mass is 9.85. The highest BCUT2D eigenvalue weighted by Gasteiger charge is 2.37. The lowest BCUT2D eigenvalue weighted by Crippen LogP contribution is -2.21. The van der Waals surface area contributed by atoms with Gasteiger partial charge in [-0.25, -0.2) is 4.79 Å². The first-order chi connectivity index (χ1) is 17.9. The Hall–Kier alpha value is -4.20. The van der Waals surface area contributed by atoms with Crippen molar-refractivity contribution in [3.63, 3.8) is 0 Å². The van der Waals surface area contributed by atoms with Crippen LogP contribution in [0.15, 0.2) is 60.7 Å². The van der Waals surface area contributed by atoms with Gasteiger partial charge in [0.1, 0.15) is 0 Å². The van der Waals surface area contributed by atoms with Crippen molar-refractivity contribution in [3.05, 3.63) is 77.4 Å². The SMILES string of the molecule is COc1ccc(C[C@H]2COC(=O)[C@@H]2Cc2ccc(OC(=O)Nc3ccc(C)cc3)c(OC)c2)cc1OC. The van der Waals surface area contributed by atoms with Crippen molar-refractivity contribution < 1.29 is 33.3 Å². The van der Waals surface area contributed by atoms with Crippen LogP contribution in [0.3, 0.4) is 0 Å². The van der Waals surface area contributed by atoms with Crippen molar-refractivity contribution in [3.8, 4) is 23.0 Å². The molecule has 1 heterocycles. The summed E-state index contributed by atoms with van der Waals surface area (Å²) in [6.45, 7) is 2.33. The molecule has 1 saturated heterocycles. The van der Waals surface area contributed by atoms with Gasteiger partial charge in [-0.05, 0) is 67.3 Å². The van der Waals surface area contributed by atoms with Crippen LogP contribution in [0.5, 0.6) is 23.0 Å². The highest BCUT2D eigenvalue weighted by atomic mass is 16.6. The maximum absolute atomic E-state index is 12.6. The van der Waals surface area contributed by atoms with Crippen LogP contribution in [-0.4, -0.2) is 40.0 Å². The number of anilines is 1. The Morgan fingerprint density at radius 2 is 1.43 bits per heavy atom. The van der Waals surface area contributed by atoms with Gasteiger partial charge in [-0.1, -0.05) is 29.8 Å². The third kappa shape index (κ3) is 6.33. The number of esters is 1. The summed E-state index contributed by atoms with van der Waals surface area (Å²) in [6, 6.07) is 18.4. The highest BCUT2D eigenvalue weighted by Crippen LogP contribution is 2.35. The van der Waals surface area contributed by atoms with Gasteiger partial charge in [0.25, 0.3) is 0 Å². The third-order valence-electron chi connectivity index (χ3n) is 6.44. The molecule has 0 unspecified atom stereocenters. The summed E-state index contributed by atoms with van der Waals surface area (Å²) in [6.07, 6.45) is 0.515. The molecule has 8 nitrogen and oxygen atoms in total. The first-order valence-electron chi connectivity index (χ1n) is 12.0. The van der Waals surface area contributed by atoms with Crippen LogP contribution in [0.25, 0.3) is 0 Å². The van der Waals surface area contributed by atoms with Crippen LogP contribution in [0.4, 0.5) is 10.5 Å². The zero-order valence-corrected chi connectivity index (χ0v) is 21.4. The van der Waals surface area contributed by atoms with Crippen LogP contribution in [0.2, 0.25) is 0 Å². The Kier molecular flexibility index (Phi) is 8.18. The maximum Gasteiger partial charge on any atom is 0.417 e. The second-order valence-corrected chi connectivity index (χ2v) is 8.96. The molecule has 0 aromatic heterocycles. The fraction of sp³-hybridized carbons (Fsp3) is 0.310. The van der Waals surface area contributed by atoms with Crippen LogP contribution >= 0.6 is 0 Å². The summed E-state index contributed by atoms with van der Waals surface area (Å²) < 4.78 is 27.1. The Morgan fingerprint density at radius 3 is 2.08 bits per heavy atom. The Labute approximate surface area is 216 Å². The van der Waals surface area contributed by atoms with Gasteiger partial charge in [0, 0.05) is 11.6 Å².